The summed E-state index contributed by atoms with van der Waals surface area (Å²) in [7, 11) is 0. The summed E-state index contributed by atoms with van der Waals surface area (Å²) in [5.41, 5.74) is 0.615. The number of aromatic nitrogens is 2. The number of anilines is 1. The molecule has 1 unspecified atom stereocenters. The zero-order valence-corrected chi connectivity index (χ0v) is 14.3. The summed E-state index contributed by atoms with van der Waals surface area (Å²) >= 11 is 0. The van der Waals surface area contributed by atoms with E-state index < -0.39 is 5.60 Å². The van der Waals surface area contributed by atoms with Crippen LogP contribution in [0.5, 0.6) is 0 Å². The van der Waals surface area contributed by atoms with Crippen LogP contribution in [0.4, 0.5) is 10.5 Å². The van der Waals surface area contributed by atoms with Crippen molar-refractivity contribution in [3.8, 4) is 0 Å². The van der Waals surface area contributed by atoms with Crippen LogP contribution in [0.1, 0.15) is 41.0 Å². The van der Waals surface area contributed by atoms with Crippen molar-refractivity contribution >= 4 is 11.8 Å². The third-order valence-corrected chi connectivity index (χ3v) is 3.88. The van der Waals surface area contributed by atoms with Gasteiger partial charge in [-0.15, -0.1) is 0 Å². The van der Waals surface area contributed by atoms with Gasteiger partial charge in [0.25, 0.3) is 0 Å². The number of carbonyl (C=O) groups excluding carboxylic acids is 1. The van der Waals surface area contributed by atoms with Crippen LogP contribution in [0, 0.1) is 5.92 Å². The second-order valence-corrected chi connectivity index (χ2v) is 6.89. The fourth-order valence-corrected chi connectivity index (χ4v) is 2.62. The highest BCUT2D eigenvalue weighted by molar-refractivity contribution is 5.69. The molecule has 1 saturated heterocycles. The lowest BCUT2D eigenvalue weighted by molar-refractivity contribution is -0.00375. The van der Waals surface area contributed by atoms with Crippen molar-refractivity contribution in [2.75, 3.05) is 18.4 Å². The molecule has 2 heterocycles. The molecule has 1 atom stereocenters. The largest absolute Gasteiger partial charge is 0.444 e. The van der Waals surface area contributed by atoms with Gasteiger partial charge in [0.1, 0.15) is 5.60 Å². The van der Waals surface area contributed by atoms with Crippen molar-refractivity contribution in [1.29, 1.82) is 0 Å². The van der Waals surface area contributed by atoms with E-state index in [0.29, 0.717) is 12.0 Å². The van der Waals surface area contributed by atoms with Gasteiger partial charge in [0.15, 0.2) is 0 Å². The Hall–Kier alpha value is -1.72. The zero-order valence-electron chi connectivity index (χ0n) is 14.3. The van der Waals surface area contributed by atoms with E-state index in [1.54, 1.807) is 4.90 Å². The molecule has 1 fully saturated rings. The molecule has 0 saturated carbocycles. The van der Waals surface area contributed by atoms with E-state index in [9.17, 15) is 4.79 Å². The summed E-state index contributed by atoms with van der Waals surface area (Å²) in [5.74, 6) is 0.461. The highest BCUT2D eigenvalue weighted by Gasteiger charge is 2.37. The van der Waals surface area contributed by atoms with Crippen LogP contribution in [-0.4, -0.2) is 45.5 Å². The van der Waals surface area contributed by atoms with Crippen molar-refractivity contribution in [3.63, 3.8) is 0 Å². The van der Waals surface area contributed by atoms with Crippen LogP contribution in [0.2, 0.25) is 0 Å². The molecule has 6 heteroatoms. The van der Waals surface area contributed by atoms with Crippen LogP contribution in [0.25, 0.3) is 0 Å². The zero-order chi connectivity index (χ0) is 16.3. The average molecular weight is 308 g/mol. The van der Waals surface area contributed by atoms with E-state index in [-0.39, 0.29) is 6.09 Å². The van der Waals surface area contributed by atoms with E-state index in [0.717, 1.165) is 31.7 Å². The first-order valence-corrected chi connectivity index (χ1v) is 8.09. The second kappa shape index (κ2) is 6.58. The quantitative estimate of drug-likeness (QED) is 0.908. The predicted molar refractivity (Wildman–Crippen MR) is 86.9 cm³/mol. The van der Waals surface area contributed by atoms with Gasteiger partial charge < -0.3 is 15.0 Å². The number of likely N-dealkylation sites (tertiary alicyclic amines) is 1. The first kappa shape index (κ1) is 16.6. The van der Waals surface area contributed by atoms with E-state index >= 15 is 0 Å². The van der Waals surface area contributed by atoms with E-state index in [1.807, 2.05) is 37.8 Å². The molecule has 22 heavy (non-hydrogen) atoms. The maximum absolute atomic E-state index is 12.0. The first-order valence-electron chi connectivity index (χ1n) is 8.09. The third-order valence-electron chi connectivity index (χ3n) is 3.88. The van der Waals surface area contributed by atoms with Crippen molar-refractivity contribution in [3.05, 3.63) is 12.4 Å². The number of aryl methyl sites for hydroxylation is 1. The number of carbonyl (C=O) groups is 1. The normalized spacial score (nSPS) is 17.0. The minimum absolute atomic E-state index is 0.211. The summed E-state index contributed by atoms with van der Waals surface area (Å²) in [6, 6.07) is 0.355. The Kier molecular flexibility index (Phi) is 4.98. The molecule has 0 radical (unpaired) electrons. The number of nitrogens with one attached hydrogen (secondary N) is 1. The Balaban J connectivity index is 1.83. The lowest BCUT2D eigenvalue weighted by Crippen LogP contribution is -2.56. The molecule has 0 aliphatic carbocycles. The van der Waals surface area contributed by atoms with E-state index in [4.69, 9.17) is 4.74 Å². The van der Waals surface area contributed by atoms with Gasteiger partial charge in [0.2, 0.25) is 0 Å². The molecule has 1 aliphatic rings. The fraction of sp³-hybridized carbons (Fsp3) is 0.750. The van der Waals surface area contributed by atoms with Gasteiger partial charge in [-0.05, 0) is 34.1 Å². The predicted octanol–water partition coefficient (Wildman–Crippen LogP) is 2.96. The Morgan fingerprint density at radius 2 is 2.14 bits per heavy atom. The summed E-state index contributed by atoms with van der Waals surface area (Å²) in [6.45, 7) is 12.3. The van der Waals surface area contributed by atoms with Gasteiger partial charge >= 0.3 is 6.09 Å². The molecule has 124 valence electrons. The molecule has 1 amide bonds. The highest BCUT2D eigenvalue weighted by atomic mass is 16.6. The Bertz CT molecular complexity index is 500. The summed E-state index contributed by atoms with van der Waals surface area (Å²) in [6.07, 6.45) is 4.69. The van der Waals surface area contributed by atoms with Crippen molar-refractivity contribution in [2.45, 2.75) is 59.2 Å². The Morgan fingerprint density at radius 3 is 2.64 bits per heavy atom. The smallest absolute Gasteiger partial charge is 0.410 e. The summed E-state index contributed by atoms with van der Waals surface area (Å²) < 4.78 is 7.30. The minimum atomic E-state index is -0.431. The lowest BCUT2D eigenvalue weighted by Gasteiger charge is -2.43. The maximum atomic E-state index is 12.0. The van der Waals surface area contributed by atoms with Crippen LogP contribution >= 0.6 is 0 Å². The fourth-order valence-electron chi connectivity index (χ4n) is 2.62. The lowest BCUT2D eigenvalue weighted by atomic mass is 9.90. The Labute approximate surface area is 132 Å². The SMILES string of the molecule is CCC(Nc1cnn(CC)c1)C1CN(C(=O)OC(C)(C)C)C1. The second-order valence-electron chi connectivity index (χ2n) is 6.89. The standard InChI is InChI=1S/C16H28N4O2/c1-6-14(18-13-8-17-20(7-2)11-13)12-9-19(10-12)15(21)22-16(3,4)5/h8,11-12,14,18H,6-7,9-10H2,1-5H3. The Morgan fingerprint density at radius 1 is 1.45 bits per heavy atom. The number of hydrogen-bond acceptors (Lipinski definition) is 4. The van der Waals surface area contributed by atoms with Gasteiger partial charge in [0.05, 0.1) is 11.9 Å². The van der Waals surface area contributed by atoms with Gasteiger partial charge in [0, 0.05) is 37.8 Å². The molecule has 0 spiro atoms. The number of ether oxygens (including phenoxy) is 1. The summed E-state index contributed by atoms with van der Waals surface area (Å²) in [5, 5.41) is 7.81. The molecule has 1 aromatic heterocycles. The number of nitrogens with zero attached hydrogens (tertiary/aromatic N) is 3. The maximum Gasteiger partial charge on any atom is 0.410 e. The minimum Gasteiger partial charge on any atom is -0.444 e. The van der Waals surface area contributed by atoms with Gasteiger partial charge in [-0.3, -0.25) is 4.68 Å². The van der Waals surface area contributed by atoms with E-state index in [1.165, 1.54) is 0 Å². The number of amides is 1. The van der Waals surface area contributed by atoms with Crippen LogP contribution in [-0.2, 0) is 11.3 Å². The van der Waals surface area contributed by atoms with Gasteiger partial charge in [-0.1, -0.05) is 6.92 Å². The van der Waals surface area contributed by atoms with Gasteiger partial charge in [-0.25, -0.2) is 4.79 Å². The van der Waals surface area contributed by atoms with Crippen LogP contribution in [0.15, 0.2) is 12.4 Å². The summed E-state index contributed by atoms with van der Waals surface area (Å²) in [4.78, 5) is 13.7. The number of hydrogen-bond donors (Lipinski definition) is 1. The molecule has 0 aromatic carbocycles. The van der Waals surface area contributed by atoms with E-state index in [2.05, 4.69) is 24.3 Å². The van der Waals surface area contributed by atoms with Crippen molar-refractivity contribution in [2.24, 2.45) is 5.92 Å². The molecule has 1 aliphatic heterocycles. The number of rotatable bonds is 5. The van der Waals surface area contributed by atoms with Crippen molar-refractivity contribution in [1.82, 2.24) is 14.7 Å². The van der Waals surface area contributed by atoms with Crippen LogP contribution < -0.4 is 5.32 Å². The van der Waals surface area contributed by atoms with Gasteiger partial charge in [-0.2, -0.15) is 5.10 Å². The molecular weight excluding hydrogens is 280 g/mol. The average Bonchev–Trinajstić information content (AvgIpc) is 2.81. The molecule has 2 rings (SSSR count). The highest BCUT2D eigenvalue weighted by Crippen LogP contribution is 2.25. The molecular formula is C16H28N4O2. The monoisotopic (exact) mass is 308 g/mol. The molecule has 0 bridgehead atoms. The topological polar surface area (TPSA) is 59.4 Å². The first-order chi connectivity index (χ1) is 10.3. The molecule has 6 nitrogen and oxygen atoms in total. The molecule has 1 N–H and O–H groups in total. The molecule has 1 aromatic rings. The van der Waals surface area contributed by atoms with Crippen molar-refractivity contribution < 1.29 is 9.53 Å². The van der Waals surface area contributed by atoms with Crippen LogP contribution in [0.3, 0.4) is 0 Å². The third kappa shape index (κ3) is 4.15.